The van der Waals surface area contributed by atoms with E-state index in [9.17, 15) is 0 Å². The SMILES string of the molecule is C/C(=C\c1ccccc1C)N(C)c1ccccc1N. The summed E-state index contributed by atoms with van der Waals surface area (Å²) in [5, 5.41) is 0. The van der Waals surface area contributed by atoms with E-state index >= 15 is 0 Å². The molecule has 2 rings (SSSR count). The molecule has 0 aliphatic carbocycles. The molecule has 2 N–H and O–H groups in total. The summed E-state index contributed by atoms with van der Waals surface area (Å²) in [7, 11) is 2.04. The van der Waals surface area contributed by atoms with Gasteiger partial charge >= 0.3 is 0 Å². The predicted molar refractivity (Wildman–Crippen MR) is 84.1 cm³/mol. The van der Waals surface area contributed by atoms with Gasteiger partial charge in [0.15, 0.2) is 0 Å². The number of aryl methyl sites for hydroxylation is 1. The molecule has 2 nitrogen and oxygen atoms in total. The highest BCUT2D eigenvalue weighted by Crippen LogP contribution is 2.25. The standard InChI is InChI=1S/C17H20N2/c1-13-8-4-5-9-15(13)12-14(2)19(3)17-11-7-6-10-16(17)18/h4-12H,18H2,1-3H3/b14-12+. The fourth-order valence-corrected chi connectivity index (χ4v) is 2.05. The van der Waals surface area contributed by atoms with Gasteiger partial charge in [-0.15, -0.1) is 0 Å². The topological polar surface area (TPSA) is 29.3 Å². The number of nitrogens with zero attached hydrogens (tertiary/aromatic N) is 1. The van der Waals surface area contributed by atoms with Crippen LogP contribution in [0.4, 0.5) is 11.4 Å². The molecular weight excluding hydrogens is 232 g/mol. The monoisotopic (exact) mass is 252 g/mol. The Kier molecular flexibility index (Phi) is 3.91. The third-order valence-electron chi connectivity index (χ3n) is 3.38. The van der Waals surface area contributed by atoms with E-state index in [0.29, 0.717) is 0 Å². The van der Waals surface area contributed by atoms with Crippen molar-refractivity contribution in [2.24, 2.45) is 0 Å². The predicted octanol–water partition coefficient (Wildman–Crippen LogP) is 4.07. The van der Waals surface area contributed by atoms with E-state index in [1.54, 1.807) is 0 Å². The third-order valence-corrected chi connectivity index (χ3v) is 3.38. The Labute approximate surface area is 115 Å². The lowest BCUT2D eigenvalue weighted by atomic mass is 10.1. The normalized spacial score (nSPS) is 11.4. The first-order valence-corrected chi connectivity index (χ1v) is 6.42. The molecule has 19 heavy (non-hydrogen) atoms. The van der Waals surface area contributed by atoms with Crippen molar-refractivity contribution in [1.82, 2.24) is 0 Å². The lowest BCUT2D eigenvalue weighted by Crippen LogP contribution is -2.15. The largest absolute Gasteiger partial charge is 0.397 e. The van der Waals surface area contributed by atoms with Gasteiger partial charge in [-0.3, -0.25) is 0 Å². The number of nitrogen functional groups attached to an aromatic ring is 1. The molecule has 0 bridgehead atoms. The molecule has 2 heteroatoms. The number of para-hydroxylation sites is 2. The summed E-state index contributed by atoms with van der Waals surface area (Å²) in [4.78, 5) is 2.11. The van der Waals surface area contributed by atoms with Crippen molar-refractivity contribution in [2.45, 2.75) is 13.8 Å². The summed E-state index contributed by atoms with van der Waals surface area (Å²) < 4.78 is 0. The first kappa shape index (κ1) is 13.2. The van der Waals surface area contributed by atoms with Crippen molar-refractivity contribution in [1.29, 1.82) is 0 Å². The smallest absolute Gasteiger partial charge is 0.0639 e. The van der Waals surface area contributed by atoms with Gasteiger partial charge in [0.1, 0.15) is 0 Å². The van der Waals surface area contributed by atoms with E-state index in [2.05, 4.69) is 49.1 Å². The summed E-state index contributed by atoms with van der Waals surface area (Å²) in [6.07, 6.45) is 2.18. The summed E-state index contributed by atoms with van der Waals surface area (Å²) in [5.41, 5.74) is 11.5. The lowest BCUT2D eigenvalue weighted by molar-refractivity contribution is 1.10. The Balaban J connectivity index is 2.32. The molecule has 0 unspecified atom stereocenters. The van der Waals surface area contributed by atoms with Crippen LogP contribution in [-0.2, 0) is 0 Å². The maximum atomic E-state index is 6.01. The number of nitrogens with two attached hydrogens (primary N) is 1. The number of rotatable bonds is 3. The van der Waals surface area contributed by atoms with E-state index < -0.39 is 0 Å². The molecule has 0 aliphatic rings. The lowest BCUT2D eigenvalue weighted by Gasteiger charge is -2.22. The van der Waals surface area contributed by atoms with Crippen LogP contribution in [0.25, 0.3) is 6.08 Å². The Morgan fingerprint density at radius 3 is 2.37 bits per heavy atom. The van der Waals surface area contributed by atoms with E-state index in [1.165, 1.54) is 11.1 Å². The average molecular weight is 252 g/mol. The summed E-state index contributed by atoms with van der Waals surface area (Å²) >= 11 is 0. The Morgan fingerprint density at radius 1 is 1.05 bits per heavy atom. The molecule has 0 aromatic heterocycles. The Hall–Kier alpha value is -2.22. The van der Waals surface area contributed by atoms with Crippen molar-refractivity contribution in [3.05, 3.63) is 65.4 Å². The summed E-state index contributed by atoms with van der Waals surface area (Å²) in [6.45, 7) is 4.22. The minimum absolute atomic E-state index is 0.794. The van der Waals surface area contributed by atoms with E-state index in [1.807, 2.05) is 31.3 Å². The molecule has 0 radical (unpaired) electrons. The highest BCUT2D eigenvalue weighted by molar-refractivity contribution is 5.72. The van der Waals surface area contributed by atoms with Crippen molar-refractivity contribution >= 4 is 17.5 Å². The van der Waals surface area contributed by atoms with Crippen LogP contribution in [0.15, 0.2) is 54.2 Å². The van der Waals surface area contributed by atoms with E-state index in [4.69, 9.17) is 5.73 Å². The fourth-order valence-electron chi connectivity index (χ4n) is 2.05. The molecule has 2 aromatic rings. The number of benzene rings is 2. The van der Waals surface area contributed by atoms with Gasteiger partial charge < -0.3 is 10.6 Å². The van der Waals surface area contributed by atoms with E-state index in [-0.39, 0.29) is 0 Å². The maximum absolute atomic E-state index is 6.01. The van der Waals surface area contributed by atoms with Crippen LogP contribution in [0.1, 0.15) is 18.1 Å². The Bertz CT molecular complexity index is 600. The zero-order valence-corrected chi connectivity index (χ0v) is 11.7. The molecule has 0 amide bonds. The molecule has 0 fully saturated rings. The van der Waals surface area contributed by atoms with Crippen molar-refractivity contribution in [3.63, 3.8) is 0 Å². The van der Waals surface area contributed by atoms with Gasteiger partial charge in [-0.25, -0.2) is 0 Å². The fraction of sp³-hybridized carbons (Fsp3) is 0.176. The molecule has 0 spiro atoms. The van der Waals surface area contributed by atoms with Crippen LogP contribution in [0.3, 0.4) is 0 Å². The molecule has 2 aromatic carbocycles. The second kappa shape index (κ2) is 5.61. The zero-order chi connectivity index (χ0) is 13.8. The van der Waals surface area contributed by atoms with Crippen LogP contribution >= 0.6 is 0 Å². The molecule has 0 atom stereocenters. The van der Waals surface area contributed by atoms with Gasteiger partial charge in [0.2, 0.25) is 0 Å². The Morgan fingerprint density at radius 2 is 1.68 bits per heavy atom. The second-order valence-electron chi connectivity index (χ2n) is 4.76. The third kappa shape index (κ3) is 2.97. The number of hydrogen-bond donors (Lipinski definition) is 1. The first-order valence-electron chi connectivity index (χ1n) is 6.42. The van der Waals surface area contributed by atoms with Gasteiger partial charge in [0.25, 0.3) is 0 Å². The molecule has 0 saturated heterocycles. The summed E-state index contributed by atoms with van der Waals surface area (Å²) in [5.74, 6) is 0. The number of anilines is 2. The van der Waals surface area contributed by atoms with Crippen molar-refractivity contribution in [2.75, 3.05) is 17.7 Å². The average Bonchev–Trinajstić information content (AvgIpc) is 2.41. The quantitative estimate of drug-likeness (QED) is 0.834. The summed E-state index contributed by atoms with van der Waals surface area (Å²) in [6, 6.07) is 16.3. The molecule has 0 saturated carbocycles. The van der Waals surface area contributed by atoms with E-state index in [0.717, 1.165) is 17.1 Å². The van der Waals surface area contributed by atoms with Crippen LogP contribution in [0.5, 0.6) is 0 Å². The second-order valence-corrected chi connectivity index (χ2v) is 4.76. The van der Waals surface area contributed by atoms with Crippen LogP contribution in [0.2, 0.25) is 0 Å². The van der Waals surface area contributed by atoms with Gasteiger partial charge in [0.05, 0.1) is 11.4 Å². The van der Waals surface area contributed by atoms with Gasteiger partial charge in [-0.2, -0.15) is 0 Å². The highest BCUT2D eigenvalue weighted by atomic mass is 15.1. The molecule has 0 heterocycles. The highest BCUT2D eigenvalue weighted by Gasteiger charge is 2.06. The molecule has 0 aliphatic heterocycles. The van der Waals surface area contributed by atoms with Crippen molar-refractivity contribution in [3.8, 4) is 0 Å². The molecular formula is C17H20N2. The van der Waals surface area contributed by atoms with Crippen LogP contribution in [0, 0.1) is 6.92 Å². The number of hydrogen-bond acceptors (Lipinski definition) is 2. The van der Waals surface area contributed by atoms with Crippen molar-refractivity contribution < 1.29 is 0 Å². The first-order chi connectivity index (χ1) is 9.09. The van der Waals surface area contributed by atoms with Gasteiger partial charge in [-0.1, -0.05) is 36.4 Å². The minimum atomic E-state index is 0.794. The van der Waals surface area contributed by atoms with Gasteiger partial charge in [-0.05, 0) is 43.2 Å². The minimum Gasteiger partial charge on any atom is -0.397 e. The molecule has 98 valence electrons. The zero-order valence-electron chi connectivity index (χ0n) is 11.7. The van der Waals surface area contributed by atoms with Crippen LogP contribution in [-0.4, -0.2) is 7.05 Å². The number of allylic oxidation sites excluding steroid dienone is 1. The van der Waals surface area contributed by atoms with Gasteiger partial charge in [0, 0.05) is 12.7 Å². The maximum Gasteiger partial charge on any atom is 0.0639 e. The van der Waals surface area contributed by atoms with Crippen LogP contribution < -0.4 is 10.6 Å².